The van der Waals surface area contributed by atoms with E-state index in [1.54, 1.807) is 10.9 Å². The van der Waals surface area contributed by atoms with Gasteiger partial charge in [-0.1, -0.05) is 34.8 Å². The first-order valence-corrected chi connectivity index (χ1v) is 7.71. The Morgan fingerprint density at radius 2 is 2.00 bits per heavy atom. The normalized spacial score (nSPS) is 10.5. The van der Waals surface area contributed by atoms with E-state index in [0.717, 1.165) is 13.0 Å². The summed E-state index contributed by atoms with van der Waals surface area (Å²) < 4.78 is 7.14. The Balaban J connectivity index is 1.70. The SMILES string of the molecule is O=C(COc1cc(Cl)c(Cl)cc1Cl)NCCCn1cccn1. The summed E-state index contributed by atoms with van der Waals surface area (Å²) in [7, 11) is 0. The molecule has 0 radical (unpaired) electrons. The van der Waals surface area contributed by atoms with Crippen LogP contribution in [0.3, 0.4) is 0 Å². The number of benzene rings is 1. The highest BCUT2D eigenvalue weighted by Gasteiger charge is 2.09. The minimum atomic E-state index is -0.234. The number of rotatable bonds is 7. The van der Waals surface area contributed by atoms with E-state index in [4.69, 9.17) is 39.5 Å². The number of aromatic nitrogens is 2. The largest absolute Gasteiger partial charge is 0.482 e. The molecule has 0 aliphatic carbocycles. The Labute approximate surface area is 143 Å². The summed E-state index contributed by atoms with van der Waals surface area (Å²) in [6, 6.07) is 4.81. The number of carbonyl (C=O) groups is 1. The van der Waals surface area contributed by atoms with Gasteiger partial charge in [0.15, 0.2) is 6.61 Å². The van der Waals surface area contributed by atoms with Crippen LogP contribution in [0.1, 0.15) is 6.42 Å². The fourth-order valence-corrected chi connectivity index (χ4v) is 2.30. The van der Waals surface area contributed by atoms with Gasteiger partial charge in [-0.05, 0) is 18.6 Å². The minimum absolute atomic E-state index is 0.139. The molecule has 2 aromatic rings. The van der Waals surface area contributed by atoms with Gasteiger partial charge in [0.05, 0.1) is 15.1 Å². The lowest BCUT2D eigenvalue weighted by molar-refractivity contribution is -0.123. The monoisotopic (exact) mass is 361 g/mol. The number of hydrogen-bond donors (Lipinski definition) is 1. The smallest absolute Gasteiger partial charge is 0.257 e. The fourth-order valence-electron chi connectivity index (χ4n) is 1.71. The molecule has 0 saturated carbocycles. The third kappa shape index (κ3) is 5.09. The lowest BCUT2D eigenvalue weighted by atomic mass is 10.3. The summed E-state index contributed by atoms with van der Waals surface area (Å²) in [6.07, 6.45) is 4.37. The second-order valence-corrected chi connectivity index (χ2v) is 5.68. The predicted molar refractivity (Wildman–Crippen MR) is 86.8 cm³/mol. The van der Waals surface area contributed by atoms with Gasteiger partial charge in [0.2, 0.25) is 0 Å². The van der Waals surface area contributed by atoms with Gasteiger partial charge in [-0.3, -0.25) is 9.48 Å². The van der Waals surface area contributed by atoms with Gasteiger partial charge in [-0.2, -0.15) is 5.10 Å². The molecule has 118 valence electrons. The molecule has 1 amide bonds. The molecular weight excluding hydrogens is 349 g/mol. The van der Waals surface area contributed by atoms with Gasteiger partial charge >= 0.3 is 0 Å². The first kappa shape index (κ1) is 16.9. The number of ether oxygens (including phenoxy) is 1. The van der Waals surface area contributed by atoms with Crippen molar-refractivity contribution in [2.24, 2.45) is 0 Å². The molecule has 0 aliphatic rings. The van der Waals surface area contributed by atoms with Crippen LogP contribution in [0.25, 0.3) is 0 Å². The Bertz CT molecular complexity index is 633. The molecule has 5 nitrogen and oxygen atoms in total. The summed E-state index contributed by atoms with van der Waals surface area (Å²) >= 11 is 17.6. The van der Waals surface area contributed by atoms with E-state index in [1.165, 1.54) is 12.1 Å². The highest BCUT2D eigenvalue weighted by atomic mass is 35.5. The molecule has 0 unspecified atom stereocenters. The summed E-state index contributed by atoms with van der Waals surface area (Å²) in [4.78, 5) is 11.7. The number of halogens is 3. The number of hydrogen-bond acceptors (Lipinski definition) is 3. The molecule has 1 N–H and O–H groups in total. The van der Waals surface area contributed by atoms with E-state index < -0.39 is 0 Å². The Kier molecular flexibility index (Phi) is 6.36. The quantitative estimate of drug-likeness (QED) is 0.606. The average molecular weight is 363 g/mol. The number of nitrogens with zero attached hydrogens (tertiary/aromatic N) is 2. The number of amides is 1. The first-order valence-electron chi connectivity index (χ1n) is 6.57. The van der Waals surface area contributed by atoms with Gasteiger partial charge in [0.1, 0.15) is 5.75 Å². The molecular formula is C14H14Cl3N3O2. The molecule has 8 heteroatoms. The molecule has 2 rings (SSSR count). The predicted octanol–water partition coefficient (Wildman–Crippen LogP) is 3.43. The third-order valence-corrected chi connectivity index (χ3v) is 3.80. The van der Waals surface area contributed by atoms with Crippen LogP contribution in [-0.2, 0) is 11.3 Å². The summed E-state index contributed by atoms with van der Waals surface area (Å²) in [5.41, 5.74) is 0. The summed E-state index contributed by atoms with van der Waals surface area (Å²) in [5.74, 6) is 0.0883. The van der Waals surface area contributed by atoms with E-state index >= 15 is 0 Å². The van der Waals surface area contributed by atoms with Crippen LogP contribution >= 0.6 is 34.8 Å². The standard InChI is InChI=1S/C14H14Cl3N3O2/c15-10-7-12(17)13(8-11(10)16)22-9-14(21)18-3-1-5-20-6-2-4-19-20/h2,4,6-8H,1,3,5,9H2,(H,18,21). The van der Waals surface area contributed by atoms with Crippen molar-refractivity contribution in [3.8, 4) is 5.75 Å². The number of carbonyl (C=O) groups excluding carboxylic acids is 1. The maximum atomic E-state index is 11.7. The molecule has 0 aliphatic heterocycles. The van der Waals surface area contributed by atoms with Crippen LogP contribution in [0.2, 0.25) is 15.1 Å². The second-order valence-electron chi connectivity index (χ2n) is 4.46. The van der Waals surface area contributed by atoms with Gasteiger partial charge in [-0.25, -0.2) is 0 Å². The molecule has 1 aromatic heterocycles. The van der Waals surface area contributed by atoms with Crippen molar-refractivity contribution in [1.82, 2.24) is 15.1 Å². The van der Waals surface area contributed by atoms with Crippen molar-refractivity contribution in [2.75, 3.05) is 13.2 Å². The fraction of sp³-hybridized carbons (Fsp3) is 0.286. The van der Waals surface area contributed by atoms with Crippen LogP contribution < -0.4 is 10.1 Å². The maximum Gasteiger partial charge on any atom is 0.257 e. The maximum absolute atomic E-state index is 11.7. The van der Waals surface area contributed by atoms with Crippen molar-refractivity contribution in [3.63, 3.8) is 0 Å². The van der Waals surface area contributed by atoms with E-state index in [0.29, 0.717) is 27.4 Å². The van der Waals surface area contributed by atoms with Crippen molar-refractivity contribution in [3.05, 3.63) is 45.7 Å². The zero-order valence-corrected chi connectivity index (χ0v) is 13.8. The van der Waals surface area contributed by atoms with Crippen molar-refractivity contribution < 1.29 is 9.53 Å². The Morgan fingerprint density at radius 3 is 2.73 bits per heavy atom. The van der Waals surface area contributed by atoms with Crippen LogP contribution in [0, 0.1) is 0 Å². The van der Waals surface area contributed by atoms with Crippen molar-refractivity contribution in [1.29, 1.82) is 0 Å². The molecule has 0 atom stereocenters. The number of aryl methyl sites for hydroxylation is 1. The van der Waals surface area contributed by atoms with E-state index in [9.17, 15) is 4.79 Å². The molecule has 0 bridgehead atoms. The zero-order valence-electron chi connectivity index (χ0n) is 11.6. The van der Waals surface area contributed by atoms with E-state index in [2.05, 4.69) is 10.4 Å². The van der Waals surface area contributed by atoms with Gasteiger partial charge in [0, 0.05) is 31.5 Å². The Morgan fingerprint density at radius 1 is 1.23 bits per heavy atom. The summed E-state index contributed by atoms with van der Waals surface area (Å²) in [5, 5.41) is 7.79. The van der Waals surface area contributed by atoms with Crippen LogP contribution in [0.5, 0.6) is 5.75 Å². The highest BCUT2D eigenvalue weighted by molar-refractivity contribution is 6.43. The van der Waals surface area contributed by atoms with Gasteiger partial charge in [0.25, 0.3) is 5.91 Å². The Hall–Kier alpha value is -1.43. The van der Waals surface area contributed by atoms with E-state index in [1.807, 2.05) is 12.3 Å². The highest BCUT2D eigenvalue weighted by Crippen LogP contribution is 2.33. The third-order valence-electron chi connectivity index (χ3n) is 2.78. The molecule has 1 heterocycles. The van der Waals surface area contributed by atoms with Gasteiger partial charge < -0.3 is 10.1 Å². The topological polar surface area (TPSA) is 56.1 Å². The second kappa shape index (κ2) is 8.27. The van der Waals surface area contributed by atoms with Crippen molar-refractivity contribution in [2.45, 2.75) is 13.0 Å². The molecule has 0 spiro atoms. The number of nitrogens with one attached hydrogen (secondary N) is 1. The van der Waals surface area contributed by atoms with Gasteiger partial charge in [-0.15, -0.1) is 0 Å². The van der Waals surface area contributed by atoms with Crippen LogP contribution in [-0.4, -0.2) is 28.8 Å². The molecule has 22 heavy (non-hydrogen) atoms. The minimum Gasteiger partial charge on any atom is -0.482 e. The molecule has 1 aromatic carbocycles. The zero-order chi connectivity index (χ0) is 15.9. The van der Waals surface area contributed by atoms with E-state index in [-0.39, 0.29) is 12.5 Å². The molecule has 0 saturated heterocycles. The average Bonchev–Trinajstić information content (AvgIpc) is 2.99. The van der Waals surface area contributed by atoms with Crippen LogP contribution in [0.4, 0.5) is 0 Å². The summed E-state index contributed by atoms with van der Waals surface area (Å²) in [6.45, 7) is 1.14. The molecule has 0 fully saturated rings. The van der Waals surface area contributed by atoms with Crippen molar-refractivity contribution >= 4 is 40.7 Å². The lowest BCUT2D eigenvalue weighted by Gasteiger charge is -2.10. The lowest BCUT2D eigenvalue weighted by Crippen LogP contribution is -2.30. The van der Waals surface area contributed by atoms with Crippen LogP contribution in [0.15, 0.2) is 30.6 Å². The first-order chi connectivity index (χ1) is 10.6.